The minimum absolute atomic E-state index is 0.595. The van der Waals surface area contributed by atoms with Crippen LogP contribution in [0, 0.1) is 0 Å². The van der Waals surface area contributed by atoms with Crippen molar-refractivity contribution in [1.82, 2.24) is 10.2 Å². The van der Waals surface area contributed by atoms with E-state index >= 15 is 0 Å². The van der Waals surface area contributed by atoms with Crippen molar-refractivity contribution in [2.75, 3.05) is 19.6 Å². The lowest BCUT2D eigenvalue weighted by Crippen LogP contribution is -2.54. The van der Waals surface area contributed by atoms with E-state index in [1.165, 1.54) is 0 Å². The van der Waals surface area contributed by atoms with Crippen LogP contribution in [0.25, 0.3) is 0 Å². The van der Waals surface area contributed by atoms with Crippen LogP contribution in [-0.4, -0.2) is 36.6 Å². The zero-order chi connectivity index (χ0) is 8.97. The molecular weight excluding hydrogens is 172 g/mol. The fourth-order valence-corrected chi connectivity index (χ4v) is 1.86. The summed E-state index contributed by atoms with van der Waals surface area (Å²) in [5.41, 5.74) is 1.59. The molecule has 12 heavy (non-hydrogen) atoms. The van der Waals surface area contributed by atoms with Gasteiger partial charge in [-0.05, 0) is 13.8 Å². The number of piperazine rings is 1. The normalized spacial score (nSPS) is 32.9. The first kappa shape index (κ1) is 10.0. The third-order valence-corrected chi connectivity index (χ3v) is 2.26. The average molecular weight is 189 g/mol. The van der Waals surface area contributed by atoms with Gasteiger partial charge in [0, 0.05) is 37.3 Å². The molecule has 1 heterocycles. The van der Waals surface area contributed by atoms with Crippen LogP contribution in [0.4, 0.5) is 0 Å². The minimum Gasteiger partial charge on any atom is -0.309 e. The SMILES string of the molecule is CC1CN(CC=CCl)CC(C)N1. The largest absolute Gasteiger partial charge is 0.309 e. The summed E-state index contributed by atoms with van der Waals surface area (Å²) < 4.78 is 0. The Morgan fingerprint density at radius 3 is 2.50 bits per heavy atom. The predicted octanol–water partition coefficient (Wildman–Crippen LogP) is 1.42. The Morgan fingerprint density at radius 1 is 1.42 bits per heavy atom. The lowest BCUT2D eigenvalue weighted by molar-refractivity contribution is 0.189. The molecule has 1 aliphatic rings. The van der Waals surface area contributed by atoms with Gasteiger partial charge < -0.3 is 5.32 Å². The lowest BCUT2D eigenvalue weighted by Gasteiger charge is -2.35. The smallest absolute Gasteiger partial charge is 0.0176 e. The maximum Gasteiger partial charge on any atom is 0.0176 e. The Kier molecular flexibility index (Phi) is 4.06. The standard InChI is InChI=1S/C9H17ClN2/c1-8-6-12(5-3-4-10)7-9(2)11-8/h3-4,8-9,11H,5-7H2,1-2H3. The highest BCUT2D eigenvalue weighted by atomic mass is 35.5. The van der Waals surface area contributed by atoms with Gasteiger partial charge in [0.05, 0.1) is 0 Å². The van der Waals surface area contributed by atoms with E-state index in [1.807, 2.05) is 6.08 Å². The molecule has 2 atom stereocenters. The second-order valence-electron chi connectivity index (χ2n) is 3.55. The summed E-state index contributed by atoms with van der Waals surface area (Å²) in [7, 11) is 0. The van der Waals surface area contributed by atoms with Crippen molar-refractivity contribution in [3.63, 3.8) is 0 Å². The van der Waals surface area contributed by atoms with E-state index in [9.17, 15) is 0 Å². The second kappa shape index (κ2) is 4.85. The number of rotatable bonds is 2. The number of hydrogen-bond acceptors (Lipinski definition) is 2. The van der Waals surface area contributed by atoms with Gasteiger partial charge in [-0.1, -0.05) is 17.7 Å². The monoisotopic (exact) mass is 188 g/mol. The highest BCUT2D eigenvalue weighted by Gasteiger charge is 2.19. The second-order valence-corrected chi connectivity index (χ2v) is 3.80. The van der Waals surface area contributed by atoms with Gasteiger partial charge in [0.2, 0.25) is 0 Å². The fraction of sp³-hybridized carbons (Fsp3) is 0.778. The molecule has 2 unspecified atom stereocenters. The zero-order valence-corrected chi connectivity index (χ0v) is 8.51. The molecule has 0 radical (unpaired) electrons. The molecule has 0 aromatic rings. The maximum atomic E-state index is 5.47. The van der Waals surface area contributed by atoms with Crippen LogP contribution in [0.2, 0.25) is 0 Å². The Bertz CT molecular complexity index is 149. The van der Waals surface area contributed by atoms with Crippen LogP contribution in [0.1, 0.15) is 13.8 Å². The average Bonchev–Trinajstić information content (AvgIpc) is 1.99. The fourth-order valence-electron chi connectivity index (χ4n) is 1.78. The molecule has 1 fully saturated rings. The number of nitrogens with zero attached hydrogens (tertiary/aromatic N) is 1. The van der Waals surface area contributed by atoms with Crippen molar-refractivity contribution >= 4 is 11.6 Å². The van der Waals surface area contributed by atoms with Crippen LogP contribution in [0.15, 0.2) is 11.6 Å². The molecule has 0 bridgehead atoms. The molecule has 0 amide bonds. The van der Waals surface area contributed by atoms with E-state index < -0.39 is 0 Å². The van der Waals surface area contributed by atoms with Gasteiger partial charge in [-0.2, -0.15) is 0 Å². The highest BCUT2D eigenvalue weighted by molar-refractivity contribution is 6.25. The first-order valence-electron chi connectivity index (χ1n) is 4.46. The van der Waals surface area contributed by atoms with E-state index in [0.717, 1.165) is 19.6 Å². The molecule has 0 aromatic carbocycles. The summed E-state index contributed by atoms with van der Waals surface area (Å²) in [4.78, 5) is 2.41. The van der Waals surface area contributed by atoms with Gasteiger partial charge in [0.1, 0.15) is 0 Å². The van der Waals surface area contributed by atoms with Crippen molar-refractivity contribution in [3.05, 3.63) is 11.6 Å². The first-order valence-corrected chi connectivity index (χ1v) is 4.89. The molecule has 2 nitrogen and oxygen atoms in total. The van der Waals surface area contributed by atoms with E-state index in [1.54, 1.807) is 5.54 Å². The molecule has 1 saturated heterocycles. The minimum atomic E-state index is 0.595. The van der Waals surface area contributed by atoms with Gasteiger partial charge in [-0.3, -0.25) is 4.90 Å². The van der Waals surface area contributed by atoms with Crippen molar-refractivity contribution in [3.8, 4) is 0 Å². The summed E-state index contributed by atoms with van der Waals surface area (Å²) in [6, 6.07) is 1.19. The van der Waals surface area contributed by atoms with Crippen molar-refractivity contribution in [1.29, 1.82) is 0 Å². The van der Waals surface area contributed by atoms with Gasteiger partial charge in [-0.25, -0.2) is 0 Å². The molecule has 0 aliphatic carbocycles. The molecule has 0 spiro atoms. The van der Waals surface area contributed by atoms with E-state index in [4.69, 9.17) is 11.6 Å². The Labute approximate surface area is 79.6 Å². The highest BCUT2D eigenvalue weighted by Crippen LogP contribution is 2.03. The van der Waals surface area contributed by atoms with Crippen molar-refractivity contribution in [2.24, 2.45) is 0 Å². The quantitative estimate of drug-likeness (QED) is 0.706. The Balaban J connectivity index is 2.33. The van der Waals surface area contributed by atoms with E-state index in [2.05, 4.69) is 24.1 Å². The van der Waals surface area contributed by atoms with Crippen LogP contribution in [0.3, 0.4) is 0 Å². The van der Waals surface area contributed by atoms with E-state index in [-0.39, 0.29) is 0 Å². The molecule has 0 aromatic heterocycles. The molecule has 1 N–H and O–H groups in total. The van der Waals surface area contributed by atoms with Crippen LogP contribution >= 0.6 is 11.6 Å². The van der Waals surface area contributed by atoms with Gasteiger partial charge in [0.15, 0.2) is 0 Å². The summed E-state index contributed by atoms with van der Waals surface area (Å²) in [5, 5.41) is 3.49. The third kappa shape index (κ3) is 3.13. The van der Waals surface area contributed by atoms with Gasteiger partial charge in [-0.15, -0.1) is 0 Å². The molecule has 1 aliphatic heterocycles. The first-order chi connectivity index (χ1) is 5.72. The summed E-state index contributed by atoms with van der Waals surface area (Å²) in [6.45, 7) is 7.64. The maximum absolute atomic E-state index is 5.47. The summed E-state index contributed by atoms with van der Waals surface area (Å²) in [5.74, 6) is 0. The summed E-state index contributed by atoms with van der Waals surface area (Å²) >= 11 is 5.47. The van der Waals surface area contributed by atoms with Gasteiger partial charge >= 0.3 is 0 Å². The summed E-state index contributed by atoms with van der Waals surface area (Å²) in [6.07, 6.45) is 1.99. The number of nitrogens with one attached hydrogen (secondary N) is 1. The van der Waals surface area contributed by atoms with E-state index in [0.29, 0.717) is 12.1 Å². The number of halogens is 1. The number of hydrogen-bond donors (Lipinski definition) is 1. The Hall–Kier alpha value is -0.0500. The van der Waals surface area contributed by atoms with Crippen molar-refractivity contribution < 1.29 is 0 Å². The Morgan fingerprint density at radius 2 is 2.00 bits per heavy atom. The zero-order valence-electron chi connectivity index (χ0n) is 7.76. The third-order valence-electron chi connectivity index (χ3n) is 2.09. The van der Waals surface area contributed by atoms with Crippen LogP contribution < -0.4 is 5.32 Å². The lowest BCUT2D eigenvalue weighted by atomic mass is 10.1. The van der Waals surface area contributed by atoms with Gasteiger partial charge in [0.25, 0.3) is 0 Å². The molecule has 70 valence electrons. The molecule has 3 heteroatoms. The molecule has 1 rings (SSSR count). The van der Waals surface area contributed by atoms with Crippen molar-refractivity contribution in [2.45, 2.75) is 25.9 Å². The van der Waals surface area contributed by atoms with Crippen LogP contribution in [0.5, 0.6) is 0 Å². The predicted molar refractivity (Wildman–Crippen MR) is 53.5 cm³/mol. The van der Waals surface area contributed by atoms with Crippen LogP contribution in [-0.2, 0) is 0 Å². The topological polar surface area (TPSA) is 15.3 Å². The molecule has 0 saturated carbocycles. The molecular formula is C9H17ClN2.